The Kier molecular flexibility index (Phi) is 10.2. The second-order valence-corrected chi connectivity index (χ2v) is 11.6. The molecule has 0 heterocycles. The summed E-state index contributed by atoms with van der Waals surface area (Å²) in [5.74, 6) is -0.938. The zero-order valence-electron chi connectivity index (χ0n) is 19.4. The van der Waals surface area contributed by atoms with Crippen molar-refractivity contribution in [1.29, 1.82) is 0 Å². The van der Waals surface area contributed by atoms with E-state index in [2.05, 4.69) is 21.2 Å². The molecule has 0 saturated carbocycles. The van der Waals surface area contributed by atoms with Crippen LogP contribution in [0.25, 0.3) is 0 Å². The van der Waals surface area contributed by atoms with Crippen molar-refractivity contribution in [2.75, 3.05) is 17.1 Å². The molecule has 11 heteroatoms. The smallest absolute Gasteiger partial charge is 0.244 e. The van der Waals surface area contributed by atoms with Gasteiger partial charge < -0.3 is 10.2 Å². The standard InChI is InChI=1S/C23H28BrCl2N3O4S/c1-5-15(2)27-23(31)16(3)28(13-19-20(25)10-7-11-21(19)26)22(30)14-29(34(4,32)33)18-9-6-8-17(24)12-18/h6-12,15-16H,5,13-14H2,1-4H3,(H,27,31)/t15-,16-/m1/s1. The Balaban J connectivity index is 2.45. The molecule has 0 unspecified atom stereocenters. The van der Waals surface area contributed by atoms with Gasteiger partial charge in [0, 0.05) is 32.7 Å². The van der Waals surface area contributed by atoms with Gasteiger partial charge in [-0.3, -0.25) is 13.9 Å². The van der Waals surface area contributed by atoms with Crippen LogP contribution in [0.2, 0.25) is 10.0 Å². The van der Waals surface area contributed by atoms with Crippen molar-refractivity contribution in [3.8, 4) is 0 Å². The lowest BCUT2D eigenvalue weighted by atomic mass is 10.1. The van der Waals surface area contributed by atoms with Crippen molar-refractivity contribution in [2.24, 2.45) is 0 Å². The van der Waals surface area contributed by atoms with Crippen LogP contribution in [-0.4, -0.2) is 50.0 Å². The normalized spacial score (nSPS) is 13.1. The zero-order chi connectivity index (χ0) is 25.6. The van der Waals surface area contributed by atoms with Crippen LogP contribution in [0, 0.1) is 0 Å². The predicted molar refractivity (Wildman–Crippen MR) is 141 cm³/mol. The van der Waals surface area contributed by atoms with Gasteiger partial charge in [0.1, 0.15) is 12.6 Å². The van der Waals surface area contributed by atoms with Crippen LogP contribution in [0.5, 0.6) is 0 Å². The Hall–Kier alpha value is -1.81. The fourth-order valence-electron chi connectivity index (χ4n) is 3.15. The van der Waals surface area contributed by atoms with Gasteiger partial charge in [0.25, 0.3) is 0 Å². The molecule has 2 rings (SSSR count). The van der Waals surface area contributed by atoms with E-state index in [1.54, 1.807) is 49.4 Å². The van der Waals surface area contributed by atoms with Crippen LogP contribution in [0.3, 0.4) is 0 Å². The number of benzene rings is 2. The first-order chi connectivity index (χ1) is 15.8. The van der Waals surface area contributed by atoms with Gasteiger partial charge in [-0.05, 0) is 50.6 Å². The van der Waals surface area contributed by atoms with E-state index in [-0.39, 0.29) is 18.5 Å². The van der Waals surface area contributed by atoms with Gasteiger partial charge in [0.05, 0.1) is 11.9 Å². The third kappa shape index (κ3) is 7.60. The molecule has 0 aliphatic carbocycles. The third-order valence-corrected chi connectivity index (χ3v) is 7.68. The highest BCUT2D eigenvalue weighted by Gasteiger charge is 2.31. The summed E-state index contributed by atoms with van der Waals surface area (Å²) in [6, 6.07) is 10.6. The lowest BCUT2D eigenvalue weighted by Gasteiger charge is -2.32. The fourth-order valence-corrected chi connectivity index (χ4v) is 4.89. The van der Waals surface area contributed by atoms with Crippen molar-refractivity contribution in [3.05, 3.63) is 62.5 Å². The second-order valence-electron chi connectivity index (χ2n) is 7.97. The maximum atomic E-state index is 13.5. The minimum absolute atomic E-state index is 0.0669. The molecule has 1 N–H and O–H groups in total. The minimum Gasteiger partial charge on any atom is -0.352 e. The Morgan fingerprint density at radius 3 is 2.21 bits per heavy atom. The number of sulfonamides is 1. The number of halogens is 3. The number of anilines is 1. The number of nitrogens with one attached hydrogen (secondary N) is 1. The molecule has 0 spiro atoms. The van der Waals surface area contributed by atoms with E-state index in [9.17, 15) is 18.0 Å². The maximum absolute atomic E-state index is 13.5. The number of amides is 2. The van der Waals surface area contributed by atoms with E-state index in [1.165, 1.54) is 4.90 Å². The average Bonchev–Trinajstić information content (AvgIpc) is 2.75. The fraction of sp³-hybridized carbons (Fsp3) is 0.391. The van der Waals surface area contributed by atoms with Crippen molar-refractivity contribution in [3.63, 3.8) is 0 Å². The van der Waals surface area contributed by atoms with Crippen molar-refractivity contribution >= 4 is 66.7 Å². The maximum Gasteiger partial charge on any atom is 0.244 e. The monoisotopic (exact) mass is 591 g/mol. The largest absolute Gasteiger partial charge is 0.352 e. The molecule has 2 aromatic rings. The molecule has 0 saturated heterocycles. The second kappa shape index (κ2) is 12.2. The van der Waals surface area contributed by atoms with E-state index in [1.807, 2.05) is 13.8 Å². The van der Waals surface area contributed by atoms with E-state index in [0.29, 0.717) is 32.2 Å². The number of nitrogens with zero attached hydrogens (tertiary/aromatic N) is 2. The summed E-state index contributed by atoms with van der Waals surface area (Å²) in [5, 5.41) is 3.54. The summed E-state index contributed by atoms with van der Waals surface area (Å²) in [6.07, 6.45) is 1.74. The highest BCUT2D eigenvalue weighted by molar-refractivity contribution is 9.10. The van der Waals surface area contributed by atoms with Crippen molar-refractivity contribution < 1.29 is 18.0 Å². The molecule has 2 amide bonds. The van der Waals surface area contributed by atoms with E-state index < -0.39 is 28.5 Å². The molecule has 0 bridgehead atoms. The first-order valence-electron chi connectivity index (χ1n) is 10.6. The van der Waals surface area contributed by atoms with Gasteiger partial charge in [-0.25, -0.2) is 8.42 Å². The van der Waals surface area contributed by atoms with E-state index in [4.69, 9.17) is 23.2 Å². The van der Waals surface area contributed by atoms with Crippen LogP contribution in [0.4, 0.5) is 5.69 Å². The molecule has 34 heavy (non-hydrogen) atoms. The van der Waals surface area contributed by atoms with E-state index >= 15 is 0 Å². The van der Waals surface area contributed by atoms with Crippen LogP contribution in [0.15, 0.2) is 46.9 Å². The number of carbonyl (C=O) groups excluding carboxylic acids is 2. The van der Waals surface area contributed by atoms with Gasteiger partial charge in [-0.2, -0.15) is 0 Å². The van der Waals surface area contributed by atoms with Crippen molar-refractivity contribution in [1.82, 2.24) is 10.2 Å². The molecule has 0 aromatic heterocycles. The molecule has 0 aliphatic rings. The number of hydrogen-bond acceptors (Lipinski definition) is 4. The number of carbonyl (C=O) groups is 2. The van der Waals surface area contributed by atoms with Gasteiger partial charge in [-0.1, -0.05) is 58.2 Å². The van der Waals surface area contributed by atoms with Gasteiger partial charge >= 0.3 is 0 Å². The lowest BCUT2D eigenvalue weighted by Crippen LogP contribution is -2.52. The van der Waals surface area contributed by atoms with Crippen LogP contribution in [0.1, 0.15) is 32.8 Å². The highest BCUT2D eigenvalue weighted by Crippen LogP contribution is 2.27. The van der Waals surface area contributed by atoms with Crippen molar-refractivity contribution in [2.45, 2.75) is 45.8 Å². The molecule has 0 aliphatic heterocycles. The van der Waals surface area contributed by atoms with Crippen LogP contribution in [-0.2, 0) is 26.2 Å². The summed E-state index contributed by atoms with van der Waals surface area (Å²) in [5.41, 5.74) is 0.786. The first-order valence-corrected chi connectivity index (χ1v) is 14.0. The van der Waals surface area contributed by atoms with Gasteiger partial charge in [0.15, 0.2) is 0 Å². The summed E-state index contributed by atoms with van der Waals surface area (Å²) in [6.45, 7) is 4.81. The molecule has 2 aromatic carbocycles. The molecule has 2 atom stereocenters. The summed E-state index contributed by atoms with van der Waals surface area (Å²) in [4.78, 5) is 27.7. The summed E-state index contributed by atoms with van der Waals surface area (Å²) in [7, 11) is -3.81. The highest BCUT2D eigenvalue weighted by atomic mass is 79.9. The number of hydrogen-bond donors (Lipinski definition) is 1. The SMILES string of the molecule is CC[C@@H](C)NC(=O)[C@@H](C)N(Cc1c(Cl)cccc1Cl)C(=O)CN(c1cccc(Br)c1)S(C)(=O)=O. The van der Waals surface area contributed by atoms with E-state index in [0.717, 1.165) is 10.6 Å². The predicted octanol–water partition coefficient (Wildman–Crippen LogP) is 4.85. The Morgan fingerprint density at radius 2 is 1.68 bits per heavy atom. The lowest BCUT2D eigenvalue weighted by molar-refractivity contribution is -0.139. The number of rotatable bonds is 10. The van der Waals surface area contributed by atoms with Crippen LogP contribution < -0.4 is 9.62 Å². The van der Waals surface area contributed by atoms with Gasteiger partial charge in [-0.15, -0.1) is 0 Å². The Labute approximate surface area is 219 Å². The molecule has 0 fully saturated rings. The third-order valence-electron chi connectivity index (χ3n) is 5.33. The molecule has 0 radical (unpaired) electrons. The quantitative estimate of drug-likeness (QED) is 0.427. The molecular formula is C23H28BrCl2N3O4S. The van der Waals surface area contributed by atoms with Crippen LogP contribution >= 0.6 is 39.1 Å². The zero-order valence-corrected chi connectivity index (χ0v) is 23.3. The Morgan fingerprint density at radius 1 is 1.09 bits per heavy atom. The first kappa shape index (κ1) is 28.4. The Bertz CT molecular complexity index is 1130. The molecule has 186 valence electrons. The minimum atomic E-state index is -3.81. The molecule has 7 nitrogen and oxygen atoms in total. The average molecular weight is 593 g/mol. The van der Waals surface area contributed by atoms with Gasteiger partial charge in [0.2, 0.25) is 21.8 Å². The topological polar surface area (TPSA) is 86.8 Å². The summed E-state index contributed by atoms with van der Waals surface area (Å²) >= 11 is 16.0. The molecular weight excluding hydrogens is 565 g/mol. The summed E-state index contributed by atoms with van der Waals surface area (Å²) < 4.78 is 26.8.